The Kier molecular flexibility index (Phi) is 4.51. The molecule has 2 aromatic heterocycles. The van der Waals surface area contributed by atoms with Crippen molar-refractivity contribution in [1.29, 1.82) is 0 Å². The van der Waals surface area contributed by atoms with Crippen molar-refractivity contribution in [3.05, 3.63) is 71.8 Å². The van der Waals surface area contributed by atoms with Crippen LogP contribution in [0, 0.1) is 0 Å². The van der Waals surface area contributed by atoms with Crippen LogP contribution in [0.5, 0.6) is 5.75 Å². The highest BCUT2D eigenvalue weighted by Crippen LogP contribution is 2.26. The lowest BCUT2D eigenvalue weighted by Crippen LogP contribution is -2.07. The van der Waals surface area contributed by atoms with E-state index in [1.807, 2.05) is 30.3 Å². The Balaban J connectivity index is 1.95. The molecule has 0 bridgehead atoms. The number of aromatic nitrogens is 2. The summed E-state index contributed by atoms with van der Waals surface area (Å²) in [4.78, 5) is 7.98. The van der Waals surface area contributed by atoms with Crippen LogP contribution in [0.4, 0.5) is 0 Å². The number of rotatable bonds is 4. The zero-order valence-electron chi connectivity index (χ0n) is 12.4. The highest BCUT2D eigenvalue weighted by Gasteiger charge is 2.20. The van der Waals surface area contributed by atoms with Gasteiger partial charge in [-0.25, -0.2) is 8.42 Å². The minimum absolute atomic E-state index is 0.0458. The van der Waals surface area contributed by atoms with Crippen LogP contribution in [0.15, 0.2) is 66.0 Å². The lowest BCUT2D eigenvalue weighted by Gasteiger charge is -2.08. The number of hydrogen-bond acceptors (Lipinski definition) is 5. The van der Waals surface area contributed by atoms with Crippen LogP contribution in [0.25, 0.3) is 11.1 Å². The summed E-state index contributed by atoms with van der Waals surface area (Å²) < 4.78 is 25.2. The van der Waals surface area contributed by atoms with Gasteiger partial charge in [-0.1, -0.05) is 41.9 Å². The Bertz CT molecular complexity index is 976. The van der Waals surface area contributed by atoms with Crippen LogP contribution in [-0.2, 0) is 15.6 Å². The Hall–Kier alpha value is -2.44. The number of hydrogen-bond donors (Lipinski definition) is 1. The molecule has 24 heavy (non-hydrogen) atoms. The van der Waals surface area contributed by atoms with E-state index < -0.39 is 15.6 Å². The molecule has 0 aliphatic carbocycles. The summed E-state index contributed by atoms with van der Waals surface area (Å²) in [5, 5.41) is 10.0. The molecule has 7 heteroatoms. The monoisotopic (exact) mass is 360 g/mol. The molecule has 0 saturated heterocycles. The van der Waals surface area contributed by atoms with Gasteiger partial charge in [0, 0.05) is 30.2 Å². The van der Waals surface area contributed by atoms with Gasteiger partial charge in [0.05, 0.1) is 15.6 Å². The molecule has 0 aliphatic heterocycles. The largest absolute Gasteiger partial charge is 0.506 e. The number of nitrogens with zero attached hydrogens (tertiary/aromatic N) is 2. The highest BCUT2D eigenvalue weighted by atomic mass is 35.5. The van der Waals surface area contributed by atoms with E-state index >= 15 is 0 Å². The molecular formula is C17H13ClN2O3S. The third-order valence-electron chi connectivity index (χ3n) is 3.42. The first kappa shape index (κ1) is 16.4. The normalized spacial score (nSPS) is 11.4. The summed E-state index contributed by atoms with van der Waals surface area (Å²) in [6.07, 6.45) is 4.19. The smallest absolute Gasteiger partial charge is 0.185 e. The van der Waals surface area contributed by atoms with Gasteiger partial charge in [-0.3, -0.25) is 9.97 Å². The Labute approximate surface area is 144 Å². The summed E-state index contributed by atoms with van der Waals surface area (Å²) in [5.74, 6) is -0.686. The number of pyridine rings is 2. The lowest BCUT2D eigenvalue weighted by atomic mass is 10.1. The fourth-order valence-corrected chi connectivity index (χ4v) is 3.64. The minimum atomic E-state index is -3.71. The average Bonchev–Trinajstić information content (AvgIpc) is 2.58. The van der Waals surface area contributed by atoms with Gasteiger partial charge in [-0.05, 0) is 11.6 Å². The van der Waals surface area contributed by atoms with Gasteiger partial charge >= 0.3 is 0 Å². The van der Waals surface area contributed by atoms with Crippen LogP contribution in [0.2, 0.25) is 5.02 Å². The fraction of sp³-hybridized carbons (Fsp3) is 0.0588. The molecule has 0 atom stereocenters. The van der Waals surface area contributed by atoms with E-state index in [4.69, 9.17) is 11.6 Å². The average molecular weight is 361 g/mol. The molecule has 1 N–H and O–H groups in total. The van der Waals surface area contributed by atoms with Crippen molar-refractivity contribution in [3.8, 4) is 16.9 Å². The number of halogens is 1. The third kappa shape index (κ3) is 3.55. The maximum absolute atomic E-state index is 12.6. The number of sulfone groups is 1. The SMILES string of the molecule is O=S(=O)(Cc1ncc(Cl)cc1O)c1cncc(-c2ccccc2)c1. The predicted molar refractivity (Wildman–Crippen MR) is 91.5 cm³/mol. The summed E-state index contributed by atoms with van der Waals surface area (Å²) in [6.45, 7) is 0. The highest BCUT2D eigenvalue weighted by molar-refractivity contribution is 7.90. The molecule has 0 spiro atoms. The second-order valence-electron chi connectivity index (χ2n) is 5.15. The van der Waals surface area contributed by atoms with Crippen molar-refractivity contribution in [1.82, 2.24) is 9.97 Å². The molecule has 0 aliphatic rings. The molecule has 0 amide bonds. The molecule has 3 rings (SSSR count). The van der Waals surface area contributed by atoms with Crippen LogP contribution < -0.4 is 0 Å². The summed E-state index contributed by atoms with van der Waals surface area (Å²) in [5.41, 5.74) is 1.61. The van der Waals surface area contributed by atoms with Gasteiger partial charge in [0.15, 0.2) is 9.84 Å². The van der Waals surface area contributed by atoms with Gasteiger partial charge in [0.2, 0.25) is 0 Å². The molecule has 0 fully saturated rings. The van der Waals surface area contributed by atoms with E-state index in [1.165, 1.54) is 18.5 Å². The molecule has 5 nitrogen and oxygen atoms in total. The Morgan fingerprint density at radius 3 is 2.46 bits per heavy atom. The molecule has 0 saturated carbocycles. The van der Waals surface area contributed by atoms with Gasteiger partial charge in [0.1, 0.15) is 11.5 Å². The van der Waals surface area contributed by atoms with Crippen molar-refractivity contribution in [2.75, 3.05) is 0 Å². The molecule has 122 valence electrons. The molecular weight excluding hydrogens is 348 g/mol. The fourth-order valence-electron chi connectivity index (χ4n) is 2.21. The lowest BCUT2D eigenvalue weighted by molar-refractivity contribution is 0.466. The topological polar surface area (TPSA) is 80.2 Å². The van der Waals surface area contributed by atoms with Gasteiger partial charge in [0.25, 0.3) is 0 Å². The minimum Gasteiger partial charge on any atom is -0.506 e. The Morgan fingerprint density at radius 2 is 1.75 bits per heavy atom. The van der Waals surface area contributed by atoms with Crippen molar-refractivity contribution >= 4 is 21.4 Å². The second-order valence-corrected chi connectivity index (χ2v) is 7.58. The quantitative estimate of drug-likeness (QED) is 0.770. The molecule has 0 radical (unpaired) electrons. The predicted octanol–water partition coefficient (Wildman–Crippen LogP) is 3.48. The van der Waals surface area contributed by atoms with E-state index in [9.17, 15) is 13.5 Å². The molecule has 2 heterocycles. The van der Waals surface area contributed by atoms with Crippen LogP contribution in [0.3, 0.4) is 0 Å². The van der Waals surface area contributed by atoms with Gasteiger partial charge in [-0.15, -0.1) is 0 Å². The van der Waals surface area contributed by atoms with E-state index in [0.29, 0.717) is 5.56 Å². The standard InChI is InChI=1S/C17H13ClN2O3S/c18-14-7-17(21)16(20-9-14)11-24(22,23)15-6-13(8-19-10-15)12-4-2-1-3-5-12/h1-10,21H,11H2. The first-order chi connectivity index (χ1) is 11.5. The first-order valence-corrected chi connectivity index (χ1v) is 9.05. The number of aromatic hydroxyl groups is 1. The summed E-state index contributed by atoms with van der Waals surface area (Å²) in [6, 6.07) is 12.2. The van der Waals surface area contributed by atoms with Gasteiger partial charge < -0.3 is 5.11 Å². The van der Waals surface area contributed by atoms with E-state index in [0.717, 1.165) is 5.56 Å². The second kappa shape index (κ2) is 6.59. The van der Waals surface area contributed by atoms with E-state index in [1.54, 1.807) is 12.3 Å². The van der Waals surface area contributed by atoms with Crippen LogP contribution in [-0.4, -0.2) is 23.5 Å². The summed E-state index contributed by atoms with van der Waals surface area (Å²) in [7, 11) is -3.71. The first-order valence-electron chi connectivity index (χ1n) is 7.02. The van der Waals surface area contributed by atoms with Crippen molar-refractivity contribution in [3.63, 3.8) is 0 Å². The van der Waals surface area contributed by atoms with Crippen molar-refractivity contribution < 1.29 is 13.5 Å². The Morgan fingerprint density at radius 1 is 1.00 bits per heavy atom. The zero-order valence-corrected chi connectivity index (χ0v) is 14.0. The van der Waals surface area contributed by atoms with Crippen LogP contribution in [0.1, 0.15) is 5.69 Å². The molecule has 0 unspecified atom stereocenters. The maximum Gasteiger partial charge on any atom is 0.185 e. The summed E-state index contributed by atoms with van der Waals surface area (Å²) >= 11 is 5.71. The van der Waals surface area contributed by atoms with Crippen molar-refractivity contribution in [2.45, 2.75) is 10.6 Å². The molecule has 1 aromatic carbocycles. The zero-order chi connectivity index (χ0) is 17.2. The van der Waals surface area contributed by atoms with Gasteiger partial charge in [-0.2, -0.15) is 0 Å². The third-order valence-corrected chi connectivity index (χ3v) is 5.22. The number of benzene rings is 1. The van der Waals surface area contributed by atoms with Crippen molar-refractivity contribution in [2.24, 2.45) is 0 Å². The van der Waals surface area contributed by atoms with Crippen LogP contribution >= 0.6 is 11.6 Å². The molecule has 3 aromatic rings. The van der Waals surface area contributed by atoms with E-state index in [-0.39, 0.29) is 21.4 Å². The van der Waals surface area contributed by atoms with E-state index in [2.05, 4.69) is 9.97 Å². The maximum atomic E-state index is 12.6.